The Morgan fingerprint density at radius 2 is 0.977 bits per heavy atom. The zero-order valence-electron chi connectivity index (χ0n) is 24.9. The quantitative estimate of drug-likeness (QED) is 0.0827. The molecule has 0 saturated heterocycles. The number of rotatable bonds is 10. The van der Waals surface area contributed by atoms with Crippen LogP contribution in [0.5, 0.6) is 0 Å². The molecule has 0 unspecified atom stereocenters. The molecule has 0 amide bonds. The molecule has 0 saturated carbocycles. The number of nitrogens with zero attached hydrogens (tertiary/aromatic N) is 1. The van der Waals surface area contributed by atoms with Gasteiger partial charge >= 0.3 is 0 Å². The molecule has 6 aromatic rings. The third-order valence-electron chi connectivity index (χ3n) is 7.26. The summed E-state index contributed by atoms with van der Waals surface area (Å²) in [5.74, 6) is 0. The van der Waals surface area contributed by atoms with E-state index in [1.165, 1.54) is 32.1 Å². The first-order valence-corrected chi connectivity index (χ1v) is 17.4. The molecule has 0 N–H and O–H groups in total. The van der Waals surface area contributed by atoms with Crippen LogP contribution >= 0.6 is 16.0 Å². The van der Waals surface area contributed by atoms with Crippen LogP contribution in [0.4, 0.5) is 0 Å². The van der Waals surface area contributed by atoms with E-state index in [1.807, 2.05) is 30.3 Å². The van der Waals surface area contributed by atoms with Gasteiger partial charge in [-0.15, -0.1) is 10.9 Å². The predicted octanol–water partition coefficient (Wildman–Crippen LogP) is 8.39. The second-order valence-corrected chi connectivity index (χ2v) is 14.5. The first-order chi connectivity index (χ1) is 20.8. The van der Waals surface area contributed by atoms with Crippen LogP contribution in [0.3, 0.4) is 0 Å². The largest absolute Gasteiger partial charge is 0.748 e. The molecule has 1 nitrogen and oxygen atoms in total. The monoisotopic (exact) mass is 639 g/mol. The number of hydrogen-bond donors (Lipinski definition) is 0. The molecule has 4 heteroatoms. The zero-order valence-corrected chi connectivity index (χ0v) is 27.7. The maximum absolute atomic E-state index is 2.77. The molecule has 1 atom stereocenters. The van der Waals surface area contributed by atoms with Crippen molar-refractivity contribution in [1.82, 2.24) is 4.67 Å². The fraction of sp³-hybridized carbons (Fsp3) is 0.128. The Morgan fingerprint density at radius 1 is 0.581 bits per heavy atom. The Bertz CT molecular complexity index is 1460. The van der Waals surface area contributed by atoms with Gasteiger partial charge in [0.1, 0.15) is 0 Å². The van der Waals surface area contributed by atoms with Gasteiger partial charge in [-0.2, -0.15) is 6.07 Å². The summed E-state index contributed by atoms with van der Waals surface area (Å²) in [5, 5.41) is 7.09. The molecule has 0 heterocycles. The molecule has 0 bridgehead atoms. The average Bonchev–Trinajstić information content (AvgIpc) is 3.79. The summed E-state index contributed by atoms with van der Waals surface area (Å²) in [6.45, 7) is 5.77. The summed E-state index contributed by atoms with van der Waals surface area (Å²) in [5.41, 5.74) is 1.45. The zero-order chi connectivity index (χ0) is 29.0. The van der Waals surface area contributed by atoms with E-state index >= 15 is 0 Å². The Balaban J connectivity index is 0.000000641. The van der Waals surface area contributed by atoms with Gasteiger partial charge in [0, 0.05) is 31.7 Å². The van der Waals surface area contributed by atoms with Crippen LogP contribution in [-0.2, 0) is 17.1 Å². The summed E-state index contributed by atoms with van der Waals surface area (Å²) in [6, 6.07) is 61.6. The van der Waals surface area contributed by atoms with E-state index < -0.39 is 16.0 Å². The Morgan fingerprint density at radius 3 is 1.37 bits per heavy atom. The van der Waals surface area contributed by atoms with Gasteiger partial charge in [-0.1, -0.05) is 135 Å². The molecule has 0 aliphatic heterocycles. The molecule has 0 radical (unpaired) electrons. The van der Waals surface area contributed by atoms with E-state index in [9.17, 15) is 0 Å². The van der Waals surface area contributed by atoms with Crippen LogP contribution in [-0.4, -0.2) is 11.2 Å². The molecule has 224 valence electrons. The van der Waals surface area contributed by atoms with Crippen molar-refractivity contribution in [2.24, 2.45) is 0 Å². The maximum atomic E-state index is 2.77. The van der Waals surface area contributed by atoms with E-state index in [2.05, 4.69) is 158 Å². The van der Waals surface area contributed by atoms with Crippen molar-refractivity contribution in [3.8, 4) is 0 Å². The molecule has 0 fully saturated rings. The SMILES string of the molecule is CCCN([C@H](C)[c-]1cccc1P(c1ccccc1)c1ccccc1)P(c1ccccc1)c1ccccc1.[Fe].[cH-]1[cH-][cH-][cH-][cH-]1. The molecule has 0 aromatic heterocycles. The van der Waals surface area contributed by atoms with E-state index in [-0.39, 0.29) is 23.1 Å². The standard InChI is InChI=1S/C34H34NP2.C5H5.Fe/c1-3-27-35(37(31-21-12-6-13-22-31)32-23-14-7-15-24-32)28(2)33-25-16-26-34(33)36(29-17-8-4-9-18-29)30-19-10-5-11-20-30;1-2-4-5-3-1;/h4-26,28H,3,27H2,1-2H3;1-5H;/q-1;-5;/t28-;;/m1../s1. The van der Waals surface area contributed by atoms with Gasteiger partial charge in [-0.25, -0.2) is 12.1 Å². The molecule has 0 aliphatic carbocycles. The van der Waals surface area contributed by atoms with Crippen molar-refractivity contribution >= 4 is 42.5 Å². The molecule has 0 spiro atoms. The summed E-state index contributed by atoms with van der Waals surface area (Å²) in [7, 11) is -1.31. The molecule has 6 rings (SSSR count). The van der Waals surface area contributed by atoms with Gasteiger partial charge in [0.25, 0.3) is 0 Å². The van der Waals surface area contributed by atoms with Crippen molar-refractivity contribution < 1.29 is 17.1 Å². The summed E-state index contributed by atoms with van der Waals surface area (Å²) >= 11 is 0. The van der Waals surface area contributed by atoms with Gasteiger partial charge in [0.05, 0.1) is 0 Å². The molecule has 0 aliphatic rings. The van der Waals surface area contributed by atoms with Crippen molar-refractivity contribution in [2.45, 2.75) is 26.3 Å². The topological polar surface area (TPSA) is 3.24 Å². The number of benzene rings is 4. The van der Waals surface area contributed by atoms with E-state index in [0.29, 0.717) is 0 Å². The predicted molar refractivity (Wildman–Crippen MR) is 187 cm³/mol. The van der Waals surface area contributed by atoms with Crippen molar-refractivity contribution in [3.63, 3.8) is 0 Å². The van der Waals surface area contributed by atoms with Crippen LogP contribution in [0, 0.1) is 0 Å². The normalized spacial score (nSPS) is 11.6. The fourth-order valence-electron chi connectivity index (χ4n) is 5.32. The molecule has 43 heavy (non-hydrogen) atoms. The van der Waals surface area contributed by atoms with Gasteiger partial charge in [0.15, 0.2) is 0 Å². The minimum absolute atomic E-state index is 0. The first-order valence-electron chi connectivity index (χ1n) is 14.8. The smallest absolute Gasteiger partial charge is 0.0277 e. The van der Waals surface area contributed by atoms with Crippen molar-refractivity contribution in [1.29, 1.82) is 0 Å². The molecule has 6 aromatic carbocycles. The Hall–Kier alpha value is -3.08. The summed E-state index contributed by atoms with van der Waals surface area (Å²) in [6.07, 6.45) is 1.12. The van der Waals surface area contributed by atoms with Gasteiger partial charge in [-0.3, -0.25) is 4.67 Å². The Kier molecular flexibility index (Phi) is 13.2. The second kappa shape index (κ2) is 17.3. The molecular weight excluding hydrogens is 600 g/mol. The van der Waals surface area contributed by atoms with Gasteiger partial charge < -0.3 is 30.3 Å². The third kappa shape index (κ3) is 8.52. The summed E-state index contributed by atoms with van der Waals surface area (Å²) < 4.78 is 2.77. The minimum atomic E-state index is -0.664. The van der Waals surface area contributed by atoms with Crippen LogP contribution in [0.15, 0.2) is 170 Å². The van der Waals surface area contributed by atoms with Crippen LogP contribution in [0.1, 0.15) is 31.9 Å². The fourth-order valence-corrected chi connectivity index (χ4v) is 10.5. The summed E-state index contributed by atoms with van der Waals surface area (Å²) in [4.78, 5) is 0. The van der Waals surface area contributed by atoms with Crippen molar-refractivity contribution in [2.75, 3.05) is 6.54 Å². The van der Waals surface area contributed by atoms with E-state index in [1.54, 1.807) is 0 Å². The van der Waals surface area contributed by atoms with E-state index in [4.69, 9.17) is 0 Å². The third-order valence-corrected chi connectivity index (χ3v) is 12.4. The van der Waals surface area contributed by atoms with Crippen LogP contribution in [0.2, 0.25) is 0 Å². The van der Waals surface area contributed by atoms with Crippen molar-refractivity contribution in [3.05, 3.63) is 175 Å². The molecular formula is C39H39FeNP2-6. The first kappa shape index (κ1) is 32.8. The maximum Gasteiger partial charge on any atom is 0.0277 e. The van der Waals surface area contributed by atoms with Gasteiger partial charge in [0.2, 0.25) is 0 Å². The van der Waals surface area contributed by atoms with Gasteiger partial charge in [-0.05, 0) is 41.6 Å². The minimum Gasteiger partial charge on any atom is -0.748 e. The number of hydrogen-bond acceptors (Lipinski definition) is 1. The average molecular weight is 640 g/mol. The van der Waals surface area contributed by atoms with Crippen LogP contribution < -0.4 is 26.5 Å². The van der Waals surface area contributed by atoms with E-state index in [0.717, 1.165) is 13.0 Å². The van der Waals surface area contributed by atoms with Crippen LogP contribution in [0.25, 0.3) is 0 Å². The Labute approximate surface area is 271 Å². The second-order valence-electron chi connectivity index (χ2n) is 10.2.